The SMILES string of the molecule is CC/C=C\C/C=C\C/C=C\C/C=C\C/C=C\C/C=C\C/C=C\C/C=C\C/C=C\C/C=C\CCCCCCC(=O)NC(COP(=O)(O)OCC[N+](C)(C)C)C(O)/C=C/CC/C=C/CCCCCCCCCCCCCCCCC. The summed E-state index contributed by atoms with van der Waals surface area (Å²) in [5, 5.41) is 13.9. The van der Waals surface area contributed by atoms with Gasteiger partial charge in [0.25, 0.3) is 0 Å². The van der Waals surface area contributed by atoms with Crippen molar-refractivity contribution in [1.82, 2.24) is 5.32 Å². The smallest absolute Gasteiger partial charge is 0.387 e. The van der Waals surface area contributed by atoms with Crippen molar-refractivity contribution in [3.63, 3.8) is 0 Å². The summed E-state index contributed by atoms with van der Waals surface area (Å²) in [4.78, 5) is 23.3. The average Bonchev–Trinajstić information content (AvgIpc) is 3.41. The molecule has 78 heavy (non-hydrogen) atoms. The number of rotatable bonds is 55. The van der Waals surface area contributed by atoms with Crippen LogP contribution in [-0.2, 0) is 18.4 Å². The lowest BCUT2D eigenvalue weighted by Gasteiger charge is -2.25. The van der Waals surface area contributed by atoms with Gasteiger partial charge in [-0.3, -0.25) is 13.8 Å². The predicted octanol–water partition coefficient (Wildman–Crippen LogP) is 19.6. The first-order valence-electron chi connectivity index (χ1n) is 31.2. The molecule has 8 nitrogen and oxygen atoms in total. The fourth-order valence-corrected chi connectivity index (χ4v) is 8.94. The molecule has 0 bridgehead atoms. The monoisotopic (exact) mass is 1100 g/mol. The maximum atomic E-state index is 13.0. The van der Waals surface area contributed by atoms with Gasteiger partial charge in [0, 0.05) is 6.42 Å². The lowest BCUT2D eigenvalue weighted by Crippen LogP contribution is -2.45. The zero-order valence-corrected chi connectivity index (χ0v) is 51.5. The lowest BCUT2D eigenvalue weighted by molar-refractivity contribution is -0.870. The number of allylic oxidation sites excluding steroid dienone is 23. The highest BCUT2D eigenvalue weighted by Gasteiger charge is 2.27. The largest absolute Gasteiger partial charge is 0.472 e. The van der Waals surface area contributed by atoms with E-state index in [9.17, 15) is 19.4 Å². The van der Waals surface area contributed by atoms with Crippen molar-refractivity contribution in [2.75, 3.05) is 40.9 Å². The van der Waals surface area contributed by atoms with E-state index in [0.29, 0.717) is 17.4 Å². The number of hydrogen-bond donors (Lipinski definition) is 3. The number of nitrogens with zero attached hydrogens (tertiary/aromatic N) is 1. The number of nitrogens with one attached hydrogen (secondary N) is 1. The number of aliphatic hydroxyl groups excluding tert-OH is 1. The first kappa shape index (κ1) is 74.4. The molecule has 3 atom stereocenters. The molecular formula is C69H118N2O6P+. The summed E-state index contributed by atoms with van der Waals surface area (Å²) in [6, 6.07) is -0.889. The van der Waals surface area contributed by atoms with Crippen LogP contribution in [0.25, 0.3) is 0 Å². The van der Waals surface area contributed by atoms with E-state index in [1.807, 2.05) is 27.2 Å². The number of amides is 1. The second kappa shape index (κ2) is 58.0. The van der Waals surface area contributed by atoms with E-state index in [2.05, 4.69) is 153 Å². The molecule has 0 aromatic heterocycles. The van der Waals surface area contributed by atoms with Crippen molar-refractivity contribution in [2.45, 2.75) is 244 Å². The normalized spacial score (nSPS) is 14.8. The van der Waals surface area contributed by atoms with E-state index in [0.717, 1.165) is 116 Å². The molecule has 3 unspecified atom stereocenters. The summed E-state index contributed by atoms with van der Waals surface area (Å²) >= 11 is 0. The molecule has 9 heteroatoms. The molecule has 1 amide bonds. The molecule has 0 saturated heterocycles. The van der Waals surface area contributed by atoms with Crippen LogP contribution in [0, 0.1) is 0 Å². The van der Waals surface area contributed by atoms with Crippen LogP contribution in [0.5, 0.6) is 0 Å². The zero-order valence-electron chi connectivity index (χ0n) is 50.6. The Morgan fingerprint density at radius 2 is 0.782 bits per heavy atom. The Bertz CT molecular complexity index is 1780. The second-order valence-corrected chi connectivity index (χ2v) is 23.1. The Kier molecular flexibility index (Phi) is 55.4. The van der Waals surface area contributed by atoms with Crippen LogP contribution in [0.1, 0.15) is 232 Å². The van der Waals surface area contributed by atoms with E-state index in [4.69, 9.17) is 9.05 Å². The number of aliphatic hydroxyl groups is 1. The number of carbonyl (C=O) groups excluding carboxylic acids is 1. The van der Waals surface area contributed by atoms with Gasteiger partial charge in [-0.15, -0.1) is 0 Å². The Hall–Kier alpha value is -3.62. The van der Waals surface area contributed by atoms with Crippen LogP contribution in [0.15, 0.2) is 146 Å². The summed E-state index contributed by atoms with van der Waals surface area (Å²) < 4.78 is 23.7. The second-order valence-electron chi connectivity index (χ2n) is 21.7. The molecule has 0 aliphatic heterocycles. The van der Waals surface area contributed by atoms with E-state index in [-0.39, 0.29) is 19.1 Å². The molecule has 0 heterocycles. The van der Waals surface area contributed by atoms with Crippen LogP contribution >= 0.6 is 7.82 Å². The Labute approximate surface area is 480 Å². The minimum absolute atomic E-state index is 0.0428. The van der Waals surface area contributed by atoms with Crippen molar-refractivity contribution in [3.8, 4) is 0 Å². The number of quaternary nitrogens is 1. The van der Waals surface area contributed by atoms with Crippen molar-refractivity contribution in [2.24, 2.45) is 0 Å². The molecule has 0 aromatic rings. The molecule has 0 fully saturated rings. The van der Waals surface area contributed by atoms with Gasteiger partial charge < -0.3 is 19.8 Å². The van der Waals surface area contributed by atoms with E-state index in [1.165, 1.54) is 96.3 Å². The number of likely N-dealkylation sites (N-methyl/N-ethyl adjacent to an activating group) is 1. The summed E-state index contributed by atoms with van der Waals surface area (Å²) in [6.45, 7) is 4.65. The molecule has 0 aromatic carbocycles. The molecule has 0 saturated carbocycles. The van der Waals surface area contributed by atoms with E-state index >= 15 is 0 Å². The number of unbranched alkanes of at least 4 members (excludes halogenated alkanes) is 20. The summed E-state index contributed by atoms with van der Waals surface area (Å²) in [7, 11) is 1.52. The van der Waals surface area contributed by atoms with Crippen LogP contribution in [0.4, 0.5) is 0 Å². The minimum atomic E-state index is -4.38. The third-order valence-electron chi connectivity index (χ3n) is 13.0. The van der Waals surface area contributed by atoms with Gasteiger partial charge in [-0.25, -0.2) is 4.57 Å². The third-order valence-corrected chi connectivity index (χ3v) is 14.0. The summed E-state index contributed by atoms with van der Waals surface area (Å²) in [5.41, 5.74) is 0. The molecule has 0 aliphatic rings. The van der Waals surface area contributed by atoms with Crippen LogP contribution in [0.2, 0.25) is 0 Å². The van der Waals surface area contributed by atoms with Crippen LogP contribution < -0.4 is 5.32 Å². The fraction of sp³-hybridized carbons (Fsp3) is 0.638. The summed E-state index contributed by atoms with van der Waals surface area (Å²) in [6.07, 6.45) is 89.6. The minimum Gasteiger partial charge on any atom is -0.387 e. The number of hydrogen-bond acceptors (Lipinski definition) is 5. The highest BCUT2D eigenvalue weighted by Crippen LogP contribution is 2.43. The van der Waals surface area contributed by atoms with Gasteiger partial charge in [0.1, 0.15) is 13.2 Å². The first-order chi connectivity index (χ1) is 38.0. The Morgan fingerprint density at radius 1 is 0.449 bits per heavy atom. The molecule has 0 rings (SSSR count). The highest BCUT2D eigenvalue weighted by molar-refractivity contribution is 7.47. The number of phosphoric acid groups is 1. The summed E-state index contributed by atoms with van der Waals surface area (Å²) in [5.74, 6) is -0.216. The Balaban J connectivity index is 4.31. The lowest BCUT2D eigenvalue weighted by atomic mass is 10.0. The predicted molar refractivity (Wildman–Crippen MR) is 341 cm³/mol. The molecule has 0 spiro atoms. The van der Waals surface area contributed by atoms with Crippen molar-refractivity contribution >= 4 is 13.7 Å². The maximum Gasteiger partial charge on any atom is 0.472 e. The molecule has 0 aliphatic carbocycles. The molecule has 444 valence electrons. The quantitative estimate of drug-likeness (QED) is 0.0243. The van der Waals surface area contributed by atoms with Gasteiger partial charge in [-0.2, -0.15) is 0 Å². The van der Waals surface area contributed by atoms with E-state index in [1.54, 1.807) is 6.08 Å². The topological polar surface area (TPSA) is 105 Å². The van der Waals surface area contributed by atoms with Gasteiger partial charge in [0.05, 0.1) is 39.9 Å². The van der Waals surface area contributed by atoms with Crippen molar-refractivity contribution in [3.05, 3.63) is 146 Å². The fourth-order valence-electron chi connectivity index (χ4n) is 8.20. The van der Waals surface area contributed by atoms with Gasteiger partial charge in [0.15, 0.2) is 0 Å². The zero-order chi connectivity index (χ0) is 57.0. The highest BCUT2D eigenvalue weighted by atomic mass is 31.2. The average molecular weight is 1100 g/mol. The molecular weight excluding hydrogens is 984 g/mol. The van der Waals surface area contributed by atoms with E-state index < -0.39 is 20.0 Å². The number of carbonyl (C=O) groups is 1. The number of phosphoric ester groups is 1. The van der Waals surface area contributed by atoms with Gasteiger partial charge >= 0.3 is 7.82 Å². The first-order valence-corrected chi connectivity index (χ1v) is 32.7. The van der Waals surface area contributed by atoms with Crippen molar-refractivity contribution < 1.29 is 32.9 Å². The van der Waals surface area contributed by atoms with Crippen molar-refractivity contribution in [1.29, 1.82) is 0 Å². The molecule has 3 N–H and O–H groups in total. The standard InChI is InChI=1S/C69H117N2O6P/c1-6-8-10-12-14-16-18-20-22-24-26-28-29-30-31-32-33-34-35-36-37-38-39-40-41-43-45-47-49-51-53-55-57-59-61-63-69(73)70-67(66-77-78(74,75)76-65-64-71(3,4)5)68(72)62-60-58-56-54-52-50-48-46-44-42-27-25-23-21-19-17-15-13-11-9-7-2/h8,10,14,16,20,22,26,28,30-31,33-34,36-37,39-40,43,45,49,51-52,54,60,62,67-68,72H,6-7,9,11-13,15,17-19,21,23-25,27,29,32,35,38,41-42,44,46-48,50,53,55-59,61,63-66H2,1-5H3,(H-,70,73,74,75)/p+1/b10-8-,16-14-,22-20-,28-26-,31-30-,34-33-,37-36-,40-39-,45-43-,51-49-,54-52+,62-60+. The van der Waals surface area contributed by atoms with Crippen LogP contribution in [-0.4, -0.2) is 73.4 Å². The molecule has 0 radical (unpaired) electrons. The maximum absolute atomic E-state index is 13.0. The Morgan fingerprint density at radius 3 is 1.18 bits per heavy atom. The van der Waals surface area contributed by atoms with Gasteiger partial charge in [-0.1, -0.05) is 262 Å². The van der Waals surface area contributed by atoms with Gasteiger partial charge in [0.2, 0.25) is 5.91 Å². The van der Waals surface area contributed by atoms with Gasteiger partial charge in [-0.05, 0) is 109 Å². The third kappa shape index (κ3) is 60.0. The van der Waals surface area contributed by atoms with Crippen LogP contribution in [0.3, 0.4) is 0 Å².